The zero-order valence-electron chi connectivity index (χ0n) is 42.3. The number of aromatic amines is 2. The minimum absolute atomic E-state index is 0.0467. The van der Waals surface area contributed by atoms with Gasteiger partial charge in [-0.1, -0.05) is 62.2 Å². The molecule has 0 unspecified atom stereocenters. The molecule has 1 aliphatic rings. The molecule has 0 saturated heterocycles. The van der Waals surface area contributed by atoms with Gasteiger partial charge in [-0.25, -0.2) is 9.78 Å². The number of unbranched alkanes of at least 4 members (excludes halogenated alkanes) is 2. The van der Waals surface area contributed by atoms with Gasteiger partial charge in [-0.3, -0.25) is 43.3 Å². The predicted molar refractivity (Wildman–Crippen MR) is 279 cm³/mol. The maximum atomic E-state index is 15.1. The number of aromatic nitrogens is 3. The van der Waals surface area contributed by atoms with Gasteiger partial charge in [0.1, 0.15) is 42.3 Å². The highest BCUT2D eigenvalue weighted by atomic mass is 16.4. The Kier molecular flexibility index (Phi) is 22.1. The van der Waals surface area contributed by atoms with Gasteiger partial charge in [0.2, 0.25) is 41.4 Å². The number of amides is 9. The first-order valence-corrected chi connectivity index (χ1v) is 25.1. The van der Waals surface area contributed by atoms with Crippen LogP contribution in [0.2, 0.25) is 0 Å². The molecule has 0 bridgehead atoms. The van der Waals surface area contributed by atoms with Crippen LogP contribution in [-0.4, -0.2) is 140 Å². The molecule has 19 N–H and O–H groups in total. The number of hydrogen-bond acceptors (Lipinski definition) is 12. The summed E-state index contributed by atoms with van der Waals surface area (Å²) < 4.78 is 0. The van der Waals surface area contributed by atoms with Crippen molar-refractivity contribution in [2.75, 3.05) is 13.1 Å². The Labute approximate surface area is 438 Å². The lowest BCUT2D eigenvalue weighted by atomic mass is 9.92. The molecule has 26 heteroatoms. The third-order valence-electron chi connectivity index (χ3n) is 12.8. The molecular formula is C50H70N16O10. The van der Waals surface area contributed by atoms with Crippen LogP contribution in [-0.2, 0) is 64.2 Å². The van der Waals surface area contributed by atoms with E-state index in [-0.39, 0.29) is 64.0 Å². The van der Waals surface area contributed by atoms with E-state index in [2.05, 4.69) is 51.8 Å². The van der Waals surface area contributed by atoms with Crippen molar-refractivity contribution in [1.82, 2.24) is 51.8 Å². The standard InChI is InChI=1S/C50H70N16O10/c1-2-3-14-36(65-50(55)76)44(71)63-38(23-41(67)68)46(73)64-39(22-31-25-56-27-59-31)48(75)66-26-29-12-5-4-11-28(29)21-40(66)47(74)61-35(17-10-19-57-49(53)54)43(70)62-37(20-30-24-58-33-15-7-6-13-32(30)33)45(72)60-34(42(52)69)16-8-9-18-51/h4-7,11-13,15,24-25,27,34-40,58H,2-3,8-10,14,16-23,26,51H2,1H3,(H2,52,69)(H,56,59)(H,60,72)(H,61,74)(H,62,70)(H,63,71)(H,64,73)(H,67,68)(H4,53,54,57)(H3,55,65,76)/t34-,35-,36-,37-,38-,39-,40+/m0/s1. The quantitative estimate of drug-likeness (QED) is 0.0159. The average Bonchev–Trinajstić information content (AvgIpc) is 4.06. The van der Waals surface area contributed by atoms with Gasteiger partial charge in [0, 0.05) is 61.3 Å². The fourth-order valence-corrected chi connectivity index (χ4v) is 8.88. The number of aliphatic imine (C=N–C) groups is 1. The fraction of sp³-hybridized carbons (Fsp3) is 0.460. The lowest BCUT2D eigenvalue weighted by Crippen LogP contribution is -2.62. The Balaban J connectivity index is 1.47. The second-order valence-corrected chi connectivity index (χ2v) is 18.5. The number of H-pyrrole nitrogens is 2. The minimum Gasteiger partial charge on any atom is -0.481 e. The number of carboxylic acid groups (broad SMARTS) is 1. The SMILES string of the molecule is CCCC[C@H](NC(N)=O)C(=O)N[C@@H](CC(=O)O)C(=O)N[C@@H](Cc1cnc[nH]1)C(=O)N1Cc2ccccc2C[C@@H]1C(=O)N[C@@H](CCCN=C(N)N)C(=O)N[C@@H](Cc1c[nH]c2ccccc12)C(=O)N[C@@H](CCCCN)C(N)=O. The molecule has 0 saturated carbocycles. The first-order valence-electron chi connectivity index (χ1n) is 25.1. The van der Waals surface area contributed by atoms with E-state index in [1.807, 2.05) is 31.2 Å². The Hall–Kier alpha value is -8.55. The van der Waals surface area contributed by atoms with Crippen LogP contribution in [0.4, 0.5) is 4.79 Å². The number of nitrogens with one attached hydrogen (secondary N) is 8. The van der Waals surface area contributed by atoms with E-state index in [9.17, 15) is 43.5 Å². The number of aliphatic carboxylic acids is 1. The maximum absolute atomic E-state index is 15.1. The van der Waals surface area contributed by atoms with Crippen molar-refractivity contribution in [2.45, 2.75) is 133 Å². The Morgan fingerprint density at radius 3 is 1.99 bits per heavy atom. The number of fused-ring (bicyclic) bond motifs is 2. The van der Waals surface area contributed by atoms with Crippen molar-refractivity contribution in [2.24, 2.45) is 33.7 Å². The number of urea groups is 1. The van der Waals surface area contributed by atoms with Gasteiger partial charge in [0.15, 0.2) is 5.96 Å². The Morgan fingerprint density at radius 2 is 1.33 bits per heavy atom. The molecular weight excluding hydrogens is 985 g/mol. The summed E-state index contributed by atoms with van der Waals surface area (Å²) in [5.74, 6) is -7.54. The highest BCUT2D eigenvalue weighted by Gasteiger charge is 2.41. The molecule has 0 spiro atoms. The second kappa shape index (κ2) is 28.8. The number of benzene rings is 2. The van der Waals surface area contributed by atoms with E-state index in [4.69, 9.17) is 28.7 Å². The van der Waals surface area contributed by atoms with Gasteiger partial charge in [-0.15, -0.1) is 0 Å². The van der Waals surface area contributed by atoms with Crippen molar-refractivity contribution in [1.29, 1.82) is 0 Å². The van der Waals surface area contributed by atoms with Crippen molar-refractivity contribution < 1.29 is 48.3 Å². The number of rotatable bonds is 30. The van der Waals surface area contributed by atoms with E-state index < -0.39 is 102 Å². The van der Waals surface area contributed by atoms with Gasteiger partial charge in [0.05, 0.1) is 12.7 Å². The lowest BCUT2D eigenvalue weighted by Gasteiger charge is -2.39. The number of para-hydroxylation sites is 1. The van der Waals surface area contributed by atoms with Crippen molar-refractivity contribution in [3.63, 3.8) is 0 Å². The summed E-state index contributed by atoms with van der Waals surface area (Å²) >= 11 is 0. The molecule has 2 aromatic carbocycles. The summed E-state index contributed by atoms with van der Waals surface area (Å²) in [5.41, 5.74) is 31.0. The number of nitrogens with zero attached hydrogens (tertiary/aromatic N) is 3. The average molecular weight is 1060 g/mol. The van der Waals surface area contributed by atoms with Crippen LogP contribution in [0.3, 0.4) is 0 Å². The van der Waals surface area contributed by atoms with E-state index >= 15 is 4.79 Å². The Bertz CT molecular complexity index is 2690. The van der Waals surface area contributed by atoms with Gasteiger partial charge in [-0.05, 0) is 67.8 Å². The van der Waals surface area contributed by atoms with Crippen LogP contribution in [0.5, 0.6) is 0 Å². The van der Waals surface area contributed by atoms with E-state index in [1.54, 1.807) is 30.5 Å². The van der Waals surface area contributed by atoms with Crippen LogP contribution < -0.4 is 60.6 Å². The molecule has 76 heavy (non-hydrogen) atoms. The fourth-order valence-electron chi connectivity index (χ4n) is 8.88. The third-order valence-corrected chi connectivity index (χ3v) is 12.8. The van der Waals surface area contributed by atoms with Crippen LogP contribution in [0.25, 0.3) is 10.9 Å². The molecule has 9 amide bonds. The van der Waals surface area contributed by atoms with Gasteiger partial charge < -0.3 is 80.5 Å². The first-order chi connectivity index (χ1) is 36.4. The monoisotopic (exact) mass is 1050 g/mol. The molecule has 7 atom stereocenters. The summed E-state index contributed by atoms with van der Waals surface area (Å²) in [4.78, 5) is 138. The normalized spacial score (nSPS) is 15.3. The van der Waals surface area contributed by atoms with E-state index in [1.165, 1.54) is 17.4 Å². The first kappa shape index (κ1) is 58.3. The number of nitrogens with two attached hydrogens (primary N) is 5. The molecule has 1 aliphatic heterocycles. The van der Waals surface area contributed by atoms with Gasteiger partial charge in [-0.2, -0.15) is 0 Å². The third kappa shape index (κ3) is 17.3. The van der Waals surface area contributed by atoms with Gasteiger partial charge >= 0.3 is 12.0 Å². The van der Waals surface area contributed by atoms with Crippen LogP contribution in [0, 0.1) is 0 Å². The highest BCUT2D eigenvalue weighted by molar-refractivity contribution is 5.99. The molecule has 4 aromatic rings. The highest BCUT2D eigenvalue weighted by Crippen LogP contribution is 2.26. The number of primary amides is 2. The van der Waals surface area contributed by atoms with E-state index in [0.29, 0.717) is 54.6 Å². The molecule has 410 valence electrons. The van der Waals surface area contributed by atoms with Crippen LogP contribution >= 0.6 is 0 Å². The topological polar surface area (TPSA) is 436 Å². The number of hydrogen-bond donors (Lipinski definition) is 14. The van der Waals surface area contributed by atoms with Crippen LogP contribution in [0.1, 0.15) is 87.1 Å². The number of guanidine groups is 1. The van der Waals surface area contributed by atoms with Gasteiger partial charge in [0.25, 0.3) is 0 Å². The summed E-state index contributed by atoms with van der Waals surface area (Å²) in [5, 5.41) is 26.2. The number of imidazole rings is 1. The summed E-state index contributed by atoms with van der Waals surface area (Å²) in [6, 6.07) is 3.78. The molecule has 5 rings (SSSR count). The minimum atomic E-state index is -1.75. The molecule has 0 fully saturated rings. The largest absolute Gasteiger partial charge is 0.481 e. The summed E-state index contributed by atoms with van der Waals surface area (Å²) in [7, 11) is 0. The summed E-state index contributed by atoms with van der Waals surface area (Å²) in [6.45, 7) is 2.09. The smallest absolute Gasteiger partial charge is 0.312 e. The Morgan fingerprint density at radius 1 is 0.711 bits per heavy atom. The lowest BCUT2D eigenvalue weighted by molar-refractivity contribution is -0.146. The number of carboxylic acids is 1. The second-order valence-electron chi connectivity index (χ2n) is 18.5. The zero-order chi connectivity index (χ0) is 55.3. The van der Waals surface area contributed by atoms with Crippen LogP contribution in [0.15, 0.2) is 72.2 Å². The number of carbonyl (C=O) groups is 9. The van der Waals surface area contributed by atoms with Crippen molar-refractivity contribution in [3.8, 4) is 0 Å². The van der Waals surface area contributed by atoms with Crippen molar-refractivity contribution in [3.05, 3.63) is 89.6 Å². The molecule has 0 radical (unpaired) electrons. The molecule has 26 nitrogen and oxygen atoms in total. The predicted octanol–water partition coefficient (Wildman–Crippen LogP) is -1.58. The summed E-state index contributed by atoms with van der Waals surface area (Å²) in [6.07, 6.45) is 5.72. The molecule has 2 aromatic heterocycles. The van der Waals surface area contributed by atoms with E-state index in [0.717, 1.165) is 10.9 Å². The maximum Gasteiger partial charge on any atom is 0.312 e. The number of carbonyl (C=O) groups excluding carboxylic acids is 8. The van der Waals surface area contributed by atoms with Crippen molar-refractivity contribution >= 4 is 70.2 Å². The molecule has 0 aliphatic carbocycles. The molecule has 3 heterocycles. The zero-order valence-corrected chi connectivity index (χ0v) is 42.3.